The highest BCUT2D eigenvalue weighted by Gasteiger charge is 2.14. The van der Waals surface area contributed by atoms with Gasteiger partial charge in [0.25, 0.3) is 0 Å². The minimum Gasteiger partial charge on any atom is -0.378 e. The maximum atomic E-state index is 6.12. The maximum Gasteiger partial charge on any atom is 0.129 e. The molecule has 0 spiro atoms. The first-order valence-corrected chi connectivity index (χ1v) is 7.14. The fraction of sp³-hybridized carbons (Fsp3) is 0.438. The normalized spacial score (nSPS) is 17.4. The lowest BCUT2D eigenvalue weighted by molar-refractivity contribution is 0.122. The Morgan fingerprint density at radius 2 is 2.00 bits per heavy atom. The molecule has 2 aromatic rings. The SMILES string of the molecule is Cc1cc(C(C)N)c2cc(N3CCOCC3)ncc2c1. The quantitative estimate of drug-likeness (QED) is 0.911. The number of fused-ring (bicyclic) bond motifs is 1. The molecule has 1 saturated heterocycles. The molecule has 2 N–H and O–H groups in total. The predicted octanol–water partition coefficient (Wildman–Crippen LogP) is 2.40. The summed E-state index contributed by atoms with van der Waals surface area (Å²) in [5.41, 5.74) is 8.54. The first-order valence-electron chi connectivity index (χ1n) is 7.14. The van der Waals surface area contributed by atoms with Crippen molar-refractivity contribution in [1.29, 1.82) is 0 Å². The highest BCUT2D eigenvalue weighted by atomic mass is 16.5. The summed E-state index contributed by atoms with van der Waals surface area (Å²) < 4.78 is 5.40. The van der Waals surface area contributed by atoms with E-state index in [9.17, 15) is 0 Å². The molecule has 1 aliphatic heterocycles. The Labute approximate surface area is 119 Å². The van der Waals surface area contributed by atoms with E-state index >= 15 is 0 Å². The van der Waals surface area contributed by atoms with Crippen LogP contribution in [0.25, 0.3) is 10.8 Å². The Kier molecular flexibility index (Phi) is 3.59. The number of ether oxygens (including phenoxy) is 1. The molecule has 0 saturated carbocycles. The van der Waals surface area contributed by atoms with Gasteiger partial charge in [-0.1, -0.05) is 11.6 Å². The zero-order valence-electron chi connectivity index (χ0n) is 12.1. The van der Waals surface area contributed by atoms with E-state index < -0.39 is 0 Å². The first-order chi connectivity index (χ1) is 9.65. The largest absolute Gasteiger partial charge is 0.378 e. The Hall–Kier alpha value is -1.65. The van der Waals surface area contributed by atoms with Gasteiger partial charge in [-0.2, -0.15) is 0 Å². The van der Waals surface area contributed by atoms with Crippen LogP contribution in [0.3, 0.4) is 0 Å². The molecule has 1 aliphatic rings. The average Bonchev–Trinajstić information content (AvgIpc) is 2.46. The number of nitrogens with two attached hydrogens (primary N) is 1. The summed E-state index contributed by atoms with van der Waals surface area (Å²) in [6, 6.07) is 6.53. The number of morpholine rings is 1. The minimum absolute atomic E-state index is 0.0253. The van der Waals surface area contributed by atoms with Gasteiger partial charge in [0.05, 0.1) is 13.2 Å². The zero-order valence-corrected chi connectivity index (χ0v) is 12.1. The van der Waals surface area contributed by atoms with Gasteiger partial charge in [0.1, 0.15) is 5.82 Å². The third-order valence-electron chi connectivity index (χ3n) is 3.82. The number of aromatic nitrogens is 1. The number of anilines is 1. The molecular formula is C16H21N3O. The number of aryl methyl sites for hydroxylation is 1. The standard InChI is InChI=1S/C16H21N3O/c1-11-7-13-10-18-16(19-3-5-20-6-4-19)9-15(13)14(8-11)12(2)17/h7-10,12H,3-6,17H2,1-2H3. The topological polar surface area (TPSA) is 51.4 Å². The number of benzene rings is 1. The van der Waals surface area contributed by atoms with E-state index in [1.807, 2.05) is 13.1 Å². The molecule has 1 atom stereocenters. The third kappa shape index (κ3) is 2.49. The van der Waals surface area contributed by atoms with E-state index in [1.165, 1.54) is 16.5 Å². The molecule has 1 unspecified atom stereocenters. The molecule has 1 aromatic heterocycles. The van der Waals surface area contributed by atoms with E-state index in [-0.39, 0.29) is 6.04 Å². The van der Waals surface area contributed by atoms with Gasteiger partial charge >= 0.3 is 0 Å². The summed E-state index contributed by atoms with van der Waals surface area (Å²) in [6.07, 6.45) is 1.96. The van der Waals surface area contributed by atoms with Crippen LogP contribution in [0.15, 0.2) is 24.4 Å². The fourth-order valence-corrected chi connectivity index (χ4v) is 2.77. The first kappa shape index (κ1) is 13.3. The van der Waals surface area contributed by atoms with Gasteiger partial charge in [-0.15, -0.1) is 0 Å². The minimum atomic E-state index is 0.0253. The zero-order chi connectivity index (χ0) is 14.1. The number of hydrogen-bond donors (Lipinski definition) is 1. The highest BCUT2D eigenvalue weighted by molar-refractivity contribution is 5.88. The van der Waals surface area contributed by atoms with Crippen molar-refractivity contribution in [2.75, 3.05) is 31.2 Å². The summed E-state index contributed by atoms with van der Waals surface area (Å²) in [5, 5.41) is 2.37. The lowest BCUT2D eigenvalue weighted by atomic mass is 9.98. The number of nitrogens with zero attached hydrogens (tertiary/aromatic N) is 2. The van der Waals surface area contributed by atoms with Crippen LogP contribution in [0, 0.1) is 6.92 Å². The molecule has 106 valence electrons. The molecular weight excluding hydrogens is 250 g/mol. The molecule has 0 radical (unpaired) electrons. The van der Waals surface area contributed by atoms with Crippen molar-refractivity contribution in [3.63, 3.8) is 0 Å². The summed E-state index contributed by atoms with van der Waals surface area (Å²) in [6.45, 7) is 7.47. The van der Waals surface area contributed by atoms with Gasteiger partial charge in [0.15, 0.2) is 0 Å². The van der Waals surface area contributed by atoms with Gasteiger partial charge in [0, 0.05) is 30.7 Å². The molecule has 4 heteroatoms. The molecule has 0 bridgehead atoms. The van der Waals surface area contributed by atoms with Gasteiger partial charge in [-0.3, -0.25) is 0 Å². The Balaban J connectivity index is 2.09. The average molecular weight is 271 g/mol. The van der Waals surface area contributed by atoms with Crippen LogP contribution in [0.5, 0.6) is 0 Å². The number of hydrogen-bond acceptors (Lipinski definition) is 4. The number of rotatable bonds is 2. The second kappa shape index (κ2) is 5.38. The number of pyridine rings is 1. The second-order valence-electron chi connectivity index (χ2n) is 5.51. The van der Waals surface area contributed by atoms with Crippen molar-refractivity contribution in [2.45, 2.75) is 19.9 Å². The monoisotopic (exact) mass is 271 g/mol. The van der Waals surface area contributed by atoms with Crippen LogP contribution in [0.1, 0.15) is 24.1 Å². The lowest BCUT2D eigenvalue weighted by Gasteiger charge is -2.28. The maximum absolute atomic E-state index is 6.12. The summed E-state index contributed by atoms with van der Waals surface area (Å²) in [5.74, 6) is 1.02. The van der Waals surface area contributed by atoms with Crippen LogP contribution in [0.4, 0.5) is 5.82 Å². The van der Waals surface area contributed by atoms with E-state index in [1.54, 1.807) is 0 Å². The van der Waals surface area contributed by atoms with E-state index in [0.717, 1.165) is 37.5 Å². The highest BCUT2D eigenvalue weighted by Crippen LogP contribution is 2.27. The van der Waals surface area contributed by atoms with Crippen molar-refractivity contribution in [3.8, 4) is 0 Å². The van der Waals surface area contributed by atoms with Crippen LogP contribution in [0.2, 0.25) is 0 Å². The van der Waals surface area contributed by atoms with E-state index in [2.05, 4.69) is 35.0 Å². The van der Waals surface area contributed by atoms with Gasteiger partial charge in [0.2, 0.25) is 0 Å². The second-order valence-corrected chi connectivity index (χ2v) is 5.51. The molecule has 4 nitrogen and oxygen atoms in total. The lowest BCUT2D eigenvalue weighted by Crippen LogP contribution is -2.36. The van der Waals surface area contributed by atoms with Crippen molar-refractivity contribution < 1.29 is 4.74 Å². The van der Waals surface area contributed by atoms with Gasteiger partial charge in [-0.25, -0.2) is 4.98 Å². The van der Waals surface area contributed by atoms with Crippen molar-refractivity contribution in [3.05, 3.63) is 35.5 Å². The molecule has 1 fully saturated rings. The van der Waals surface area contributed by atoms with Crippen LogP contribution in [-0.2, 0) is 4.74 Å². The molecule has 3 rings (SSSR count). The molecule has 2 heterocycles. The molecule has 0 amide bonds. The van der Waals surface area contributed by atoms with Gasteiger partial charge < -0.3 is 15.4 Å². The van der Waals surface area contributed by atoms with E-state index in [0.29, 0.717) is 0 Å². The smallest absolute Gasteiger partial charge is 0.129 e. The van der Waals surface area contributed by atoms with Crippen molar-refractivity contribution in [1.82, 2.24) is 4.98 Å². The molecule has 20 heavy (non-hydrogen) atoms. The summed E-state index contributed by atoms with van der Waals surface area (Å²) >= 11 is 0. The Bertz CT molecular complexity index is 618. The Morgan fingerprint density at radius 1 is 1.25 bits per heavy atom. The summed E-state index contributed by atoms with van der Waals surface area (Å²) in [4.78, 5) is 6.87. The third-order valence-corrected chi connectivity index (χ3v) is 3.82. The summed E-state index contributed by atoms with van der Waals surface area (Å²) in [7, 11) is 0. The van der Waals surface area contributed by atoms with Crippen molar-refractivity contribution >= 4 is 16.6 Å². The molecule has 0 aliphatic carbocycles. The van der Waals surface area contributed by atoms with E-state index in [4.69, 9.17) is 10.5 Å². The fourth-order valence-electron chi connectivity index (χ4n) is 2.77. The predicted molar refractivity (Wildman–Crippen MR) is 82.1 cm³/mol. The van der Waals surface area contributed by atoms with Crippen LogP contribution >= 0.6 is 0 Å². The molecule has 1 aromatic carbocycles. The Morgan fingerprint density at radius 3 is 2.70 bits per heavy atom. The van der Waals surface area contributed by atoms with Crippen molar-refractivity contribution in [2.24, 2.45) is 5.73 Å². The van der Waals surface area contributed by atoms with Crippen LogP contribution in [-0.4, -0.2) is 31.3 Å². The van der Waals surface area contributed by atoms with Gasteiger partial charge in [-0.05, 0) is 36.9 Å². The van der Waals surface area contributed by atoms with Crippen LogP contribution < -0.4 is 10.6 Å².